The molecule has 102 valence electrons. The highest BCUT2D eigenvalue weighted by Gasteiger charge is 2.18. The summed E-state index contributed by atoms with van der Waals surface area (Å²) in [6.07, 6.45) is 2.24. The molecule has 0 fully saturated rings. The predicted molar refractivity (Wildman–Crippen MR) is 80.5 cm³/mol. The summed E-state index contributed by atoms with van der Waals surface area (Å²) in [5.41, 5.74) is 5.41. The van der Waals surface area contributed by atoms with Crippen molar-refractivity contribution in [2.75, 3.05) is 7.11 Å². The van der Waals surface area contributed by atoms with Crippen LogP contribution in [0.4, 0.5) is 0 Å². The highest BCUT2D eigenvalue weighted by Crippen LogP contribution is 2.34. The number of hydrogen-bond donors (Lipinski definition) is 2. The van der Waals surface area contributed by atoms with Crippen molar-refractivity contribution in [3.05, 3.63) is 51.7 Å². The molecule has 0 aliphatic carbocycles. The number of nitrogens with one attached hydrogen (secondary N) is 1. The second kappa shape index (κ2) is 6.70. The zero-order valence-electron chi connectivity index (χ0n) is 11.3. The lowest BCUT2D eigenvalue weighted by Crippen LogP contribution is -2.28. The minimum absolute atomic E-state index is 0.0215. The van der Waals surface area contributed by atoms with Crippen LogP contribution in [0.5, 0.6) is 5.75 Å². The molecule has 2 aromatic rings. The highest BCUT2D eigenvalue weighted by atomic mass is 32.1. The standard InChI is InChI=1S/C15H20N2OS/c1-3-5-11-6-4-7-12(10-11)14(17-16)15-13(18-2)8-9-19-15/h4,6-10,14,17H,3,5,16H2,1-2H3. The molecular weight excluding hydrogens is 256 g/mol. The summed E-state index contributed by atoms with van der Waals surface area (Å²) in [6.45, 7) is 2.19. The number of hydrogen-bond acceptors (Lipinski definition) is 4. The van der Waals surface area contributed by atoms with Crippen LogP contribution in [0.1, 0.15) is 35.4 Å². The van der Waals surface area contributed by atoms with E-state index in [0.29, 0.717) is 0 Å². The molecule has 1 heterocycles. The van der Waals surface area contributed by atoms with Crippen LogP contribution >= 0.6 is 11.3 Å². The third-order valence-electron chi connectivity index (χ3n) is 3.13. The molecule has 3 N–H and O–H groups in total. The van der Waals surface area contributed by atoms with E-state index >= 15 is 0 Å². The van der Waals surface area contributed by atoms with Crippen LogP contribution in [0, 0.1) is 0 Å². The summed E-state index contributed by atoms with van der Waals surface area (Å²) in [5.74, 6) is 6.63. The van der Waals surface area contributed by atoms with Gasteiger partial charge in [0.25, 0.3) is 0 Å². The Kier molecular flexibility index (Phi) is 4.96. The van der Waals surface area contributed by atoms with Gasteiger partial charge in [0.15, 0.2) is 0 Å². The van der Waals surface area contributed by atoms with Crippen LogP contribution in [0.25, 0.3) is 0 Å². The zero-order chi connectivity index (χ0) is 13.7. The average molecular weight is 276 g/mol. The first-order valence-corrected chi connectivity index (χ1v) is 7.34. The molecule has 1 aromatic heterocycles. The Labute approximate surface area is 118 Å². The average Bonchev–Trinajstić information content (AvgIpc) is 2.89. The first kappa shape index (κ1) is 14.1. The number of ether oxygens (including phenoxy) is 1. The Bertz CT molecular complexity index is 524. The molecular formula is C15H20N2OS. The van der Waals surface area contributed by atoms with Crippen LogP contribution < -0.4 is 16.0 Å². The third-order valence-corrected chi connectivity index (χ3v) is 4.09. The van der Waals surface area contributed by atoms with E-state index < -0.39 is 0 Å². The van der Waals surface area contributed by atoms with Crippen molar-refractivity contribution >= 4 is 11.3 Å². The quantitative estimate of drug-likeness (QED) is 0.629. The molecule has 19 heavy (non-hydrogen) atoms. The molecule has 4 heteroatoms. The zero-order valence-corrected chi connectivity index (χ0v) is 12.2. The fraction of sp³-hybridized carbons (Fsp3) is 0.333. The first-order valence-electron chi connectivity index (χ1n) is 6.46. The molecule has 3 nitrogen and oxygen atoms in total. The number of aryl methyl sites for hydroxylation is 1. The van der Waals surface area contributed by atoms with Gasteiger partial charge in [0.1, 0.15) is 5.75 Å². The molecule has 1 aromatic carbocycles. The van der Waals surface area contributed by atoms with Gasteiger partial charge in [0.05, 0.1) is 18.0 Å². The van der Waals surface area contributed by atoms with Gasteiger partial charge in [0, 0.05) is 0 Å². The van der Waals surface area contributed by atoms with Gasteiger partial charge in [-0.15, -0.1) is 11.3 Å². The van der Waals surface area contributed by atoms with Crippen molar-refractivity contribution in [2.45, 2.75) is 25.8 Å². The van der Waals surface area contributed by atoms with Gasteiger partial charge in [-0.3, -0.25) is 5.84 Å². The molecule has 0 saturated heterocycles. The van der Waals surface area contributed by atoms with Crippen LogP contribution in [0.15, 0.2) is 35.7 Å². The molecule has 0 radical (unpaired) electrons. The van der Waals surface area contributed by atoms with Gasteiger partial charge in [0.2, 0.25) is 0 Å². The van der Waals surface area contributed by atoms with Gasteiger partial charge < -0.3 is 4.74 Å². The molecule has 0 aliphatic heterocycles. The molecule has 2 rings (SSSR count). The van der Waals surface area contributed by atoms with Crippen molar-refractivity contribution < 1.29 is 4.74 Å². The maximum Gasteiger partial charge on any atom is 0.134 e. The Hall–Kier alpha value is -1.36. The lowest BCUT2D eigenvalue weighted by molar-refractivity contribution is 0.408. The summed E-state index contributed by atoms with van der Waals surface area (Å²) < 4.78 is 5.38. The maximum absolute atomic E-state index is 5.74. The van der Waals surface area contributed by atoms with Gasteiger partial charge in [-0.05, 0) is 29.0 Å². The summed E-state index contributed by atoms with van der Waals surface area (Å²) in [4.78, 5) is 1.11. The van der Waals surface area contributed by atoms with Crippen LogP contribution in [-0.4, -0.2) is 7.11 Å². The Morgan fingerprint density at radius 1 is 1.37 bits per heavy atom. The minimum Gasteiger partial charge on any atom is -0.496 e. The number of hydrazine groups is 1. The summed E-state index contributed by atoms with van der Waals surface area (Å²) in [6, 6.07) is 10.5. The van der Waals surface area contributed by atoms with Crippen LogP contribution in [0.2, 0.25) is 0 Å². The second-order valence-electron chi connectivity index (χ2n) is 4.45. The van der Waals surface area contributed by atoms with E-state index in [1.807, 2.05) is 11.4 Å². The SMILES string of the molecule is CCCc1cccc(C(NN)c2sccc2OC)c1. The predicted octanol–water partition coefficient (Wildman–Crippen LogP) is 3.26. The van der Waals surface area contributed by atoms with Gasteiger partial charge >= 0.3 is 0 Å². The maximum atomic E-state index is 5.74. The van der Waals surface area contributed by atoms with E-state index in [0.717, 1.165) is 23.5 Å². The highest BCUT2D eigenvalue weighted by molar-refractivity contribution is 7.10. The van der Waals surface area contributed by atoms with Crippen molar-refractivity contribution in [1.82, 2.24) is 5.43 Å². The van der Waals surface area contributed by atoms with E-state index in [-0.39, 0.29) is 6.04 Å². The third kappa shape index (κ3) is 3.15. The van der Waals surface area contributed by atoms with E-state index in [1.54, 1.807) is 18.4 Å². The molecule has 0 saturated carbocycles. The molecule has 0 amide bonds. The van der Waals surface area contributed by atoms with Crippen LogP contribution in [-0.2, 0) is 6.42 Å². The molecule has 0 spiro atoms. The molecule has 0 aliphatic rings. The topological polar surface area (TPSA) is 47.3 Å². The lowest BCUT2D eigenvalue weighted by Gasteiger charge is -2.17. The lowest BCUT2D eigenvalue weighted by atomic mass is 10.0. The van der Waals surface area contributed by atoms with Crippen molar-refractivity contribution in [1.29, 1.82) is 0 Å². The normalized spacial score (nSPS) is 12.4. The monoisotopic (exact) mass is 276 g/mol. The van der Waals surface area contributed by atoms with Gasteiger partial charge in [-0.2, -0.15) is 0 Å². The Morgan fingerprint density at radius 3 is 2.89 bits per heavy atom. The van der Waals surface area contributed by atoms with Crippen LogP contribution in [0.3, 0.4) is 0 Å². The summed E-state index contributed by atoms with van der Waals surface area (Å²) in [5, 5.41) is 2.02. The van der Waals surface area contributed by atoms with Gasteiger partial charge in [-0.1, -0.05) is 37.6 Å². The summed E-state index contributed by atoms with van der Waals surface area (Å²) >= 11 is 1.65. The Morgan fingerprint density at radius 2 is 2.21 bits per heavy atom. The van der Waals surface area contributed by atoms with E-state index in [1.165, 1.54) is 11.1 Å². The number of nitrogens with two attached hydrogens (primary N) is 1. The van der Waals surface area contributed by atoms with E-state index in [2.05, 4.69) is 36.6 Å². The number of benzene rings is 1. The molecule has 0 bridgehead atoms. The van der Waals surface area contributed by atoms with E-state index in [9.17, 15) is 0 Å². The molecule has 1 atom stereocenters. The fourth-order valence-electron chi connectivity index (χ4n) is 2.23. The fourth-order valence-corrected chi connectivity index (χ4v) is 3.17. The first-order chi connectivity index (χ1) is 9.30. The smallest absolute Gasteiger partial charge is 0.134 e. The second-order valence-corrected chi connectivity index (χ2v) is 5.40. The van der Waals surface area contributed by atoms with E-state index in [4.69, 9.17) is 10.6 Å². The number of thiophene rings is 1. The minimum atomic E-state index is -0.0215. The summed E-state index contributed by atoms with van der Waals surface area (Å²) in [7, 11) is 1.69. The molecule has 1 unspecified atom stereocenters. The van der Waals surface area contributed by atoms with Crippen molar-refractivity contribution in [3.8, 4) is 5.75 Å². The van der Waals surface area contributed by atoms with Crippen molar-refractivity contribution in [2.24, 2.45) is 5.84 Å². The Balaban J connectivity index is 2.34. The van der Waals surface area contributed by atoms with Gasteiger partial charge in [-0.25, -0.2) is 5.43 Å². The number of rotatable bonds is 6. The number of methoxy groups -OCH3 is 1. The largest absolute Gasteiger partial charge is 0.496 e. The van der Waals surface area contributed by atoms with Crippen molar-refractivity contribution in [3.63, 3.8) is 0 Å².